The zero-order chi connectivity index (χ0) is 22.9. The number of carbonyl (C=O) groups is 3. The smallest absolute Gasteiger partial charge is 0.346 e. The standard InChI is InChI=1S/C25H20FNO5/c1-2-31-24(29)18-10-12-19(13-11-18)27-23(28)16-9-17-7-14-20(15-8-17)32-25(30)21-5-3-4-6-22(21)26/h3-16H,2H2,1H3,(H,27,28). The number of halogens is 1. The second-order valence-electron chi connectivity index (χ2n) is 6.56. The van der Waals surface area contributed by atoms with Crippen LogP contribution in [-0.4, -0.2) is 24.5 Å². The SMILES string of the molecule is CCOC(=O)c1ccc(NC(=O)C=Cc2ccc(OC(=O)c3ccccc3F)cc2)cc1. The predicted molar refractivity (Wildman–Crippen MR) is 118 cm³/mol. The molecule has 6 nitrogen and oxygen atoms in total. The number of nitrogens with one attached hydrogen (secondary N) is 1. The van der Waals surface area contributed by atoms with Crippen LogP contribution in [0.25, 0.3) is 6.08 Å². The molecule has 0 aliphatic heterocycles. The molecule has 0 fully saturated rings. The van der Waals surface area contributed by atoms with E-state index in [0.29, 0.717) is 16.8 Å². The van der Waals surface area contributed by atoms with Gasteiger partial charge in [-0.3, -0.25) is 4.79 Å². The van der Waals surface area contributed by atoms with Gasteiger partial charge in [0, 0.05) is 11.8 Å². The number of ether oxygens (including phenoxy) is 2. The van der Waals surface area contributed by atoms with E-state index in [9.17, 15) is 18.8 Å². The van der Waals surface area contributed by atoms with Crippen LogP contribution in [-0.2, 0) is 9.53 Å². The summed E-state index contributed by atoms with van der Waals surface area (Å²) < 4.78 is 23.7. The predicted octanol–water partition coefficient (Wildman–Crippen LogP) is 4.87. The Morgan fingerprint density at radius 1 is 0.906 bits per heavy atom. The molecular weight excluding hydrogens is 413 g/mol. The van der Waals surface area contributed by atoms with Crippen molar-refractivity contribution in [1.29, 1.82) is 0 Å². The van der Waals surface area contributed by atoms with Crippen LogP contribution in [0.5, 0.6) is 5.75 Å². The lowest BCUT2D eigenvalue weighted by molar-refractivity contribution is -0.111. The summed E-state index contributed by atoms with van der Waals surface area (Å²) in [6, 6.07) is 18.3. The summed E-state index contributed by atoms with van der Waals surface area (Å²) in [7, 11) is 0. The van der Waals surface area contributed by atoms with E-state index < -0.39 is 17.8 Å². The van der Waals surface area contributed by atoms with Crippen LogP contribution in [0, 0.1) is 5.82 Å². The molecular formula is C25H20FNO5. The van der Waals surface area contributed by atoms with Gasteiger partial charge in [0.15, 0.2) is 0 Å². The van der Waals surface area contributed by atoms with E-state index in [1.54, 1.807) is 67.6 Å². The first-order valence-corrected chi connectivity index (χ1v) is 9.79. The van der Waals surface area contributed by atoms with E-state index in [4.69, 9.17) is 9.47 Å². The molecule has 0 aromatic heterocycles. The van der Waals surface area contributed by atoms with Crippen molar-refractivity contribution in [3.05, 3.63) is 101 Å². The Morgan fingerprint density at radius 3 is 2.25 bits per heavy atom. The molecule has 0 heterocycles. The van der Waals surface area contributed by atoms with Gasteiger partial charge in [-0.15, -0.1) is 0 Å². The van der Waals surface area contributed by atoms with Crippen LogP contribution in [0.15, 0.2) is 78.9 Å². The molecule has 0 bridgehead atoms. The highest BCUT2D eigenvalue weighted by Gasteiger charge is 2.13. The molecule has 0 aliphatic carbocycles. The average molecular weight is 433 g/mol. The Bertz CT molecular complexity index is 1140. The fourth-order valence-corrected chi connectivity index (χ4v) is 2.70. The summed E-state index contributed by atoms with van der Waals surface area (Å²) in [5.41, 5.74) is 1.48. The Balaban J connectivity index is 1.55. The first-order chi connectivity index (χ1) is 15.5. The van der Waals surface area contributed by atoms with Crippen molar-refractivity contribution >= 4 is 29.6 Å². The maximum atomic E-state index is 13.7. The minimum Gasteiger partial charge on any atom is -0.462 e. The number of anilines is 1. The largest absolute Gasteiger partial charge is 0.462 e. The van der Waals surface area contributed by atoms with Crippen molar-refractivity contribution in [2.45, 2.75) is 6.92 Å². The van der Waals surface area contributed by atoms with Gasteiger partial charge in [0.2, 0.25) is 5.91 Å². The molecule has 0 unspecified atom stereocenters. The Kier molecular flexibility index (Phi) is 7.48. The van der Waals surface area contributed by atoms with E-state index in [1.165, 1.54) is 24.3 Å². The molecule has 3 aromatic rings. The lowest BCUT2D eigenvalue weighted by Crippen LogP contribution is -2.10. The van der Waals surface area contributed by atoms with E-state index in [2.05, 4.69) is 5.32 Å². The third kappa shape index (κ3) is 6.12. The molecule has 0 saturated heterocycles. The Hall–Kier alpha value is -4.26. The Morgan fingerprint density at radius 2 is 1.59 bits per heavy atom. The zero-order valence-corrected chi connectivity index (χ0v) is 17.2. The molecule has 0 saturated carbocycles. The summed E-state index contributed by atoms with van der Waals surface area (Å²) in [4.78, 5) is 35.8. The first-order valence-electron chi connectivity index (χ1n) is 9.79. The zero-order valence-electron chi connectivity index (χ0n) is 17.2. The van der Waals surface area contributed by atoms with Crippen LogP contribution >= 0.6 is 0 Å². The Labute approximate surface area is 184 Å². The van der Waals surface area contributed by atoms with Gasteiger partial charge in [-0.05, 0) is 67.1 Å². The summed E-state index contributed by atoms with van der Waals surface area (Å²) in [5, 5.41) is 2.69. The average Bonchev–Trinajstić information content (AvgIpc) is 2.79. The highest BCUT2D eigenvalue weighted by Crippen LogP contribution is 2.17. The van der Waals surface area contributed by atoms with Gasteiger partial charge < -0.3 is 14.8 Å². The van der Waals surface area contributed by atoms with Crippen molar-refractivity contribution in [3.63, 3.8) is 0 Å². The van der Waals surface area contributed by atoms with Gasteiger partial charge in [-0.25, -0.2) is 14.0 Å². The summed E-state index contributed by atoms with van der Waals surface area (Å²) in [6.45, 7) is 2.02. The minimum absolute atomic E-state index is 0.150. The molecule has 1 amide bonds. The quantitative estimate of drug-likeness (QED) is 0.327. The number of carbonyl (C=O) groups excluding carboxylic acids is 3. The van der Waals surface area contributed by atoms with Gasteiger partial charge >= 0.3 is 11.9 Å². The van der Waals surface area contributed by atoms with Gasteiger partial charge in [0.25, 0.3) is 0 Å². The van der Waals surface area contributed by atoms with Gasteiger partial charge in [0.1, 0.15) is 11.6 Å². The van der Waals surface area contributed by atoms with Crippen LogP contribution < -0.4 is 10.1 Å². The van der Waals surface area contributed by atoms with Crippen molar-refractivity contribution < 1.29 is 28.2 Å². The number of benzene rings is 3. The number of esters is 2. The van der Waals surface area contributed by atoms with E-state index in [0.717, 1.165) is 0 Å². The van der Waals surface area contributed by atoms with Crippen LogP contribution in [0.2, 0.25) is 0 Å². The molecule has 1 N–H and O–H groups in total. The van der Waals surface area contributed by atoms with Crippen molar-refractivity contribution in [2.75, 3.05) is 11.9 Å². The monoisotopic (exact) mass is 433 g/mol. The lowest BCUT2D eigenvalue weighted by atomic mass is 10.2. The number of hydrogen-bond acceptors (Lipinski definition) is 5. The summed E-state index contributed by atoms with van der Waals surface area (Å²) in [5.74, 6) is -1.97. The van der Waals surface area contributed by atoms with Gasteiger partial charge in [-0.2, -0.15) is 0 Å². The van der Waals surface area contributed by atoms with E-state index in [1.807, 2.05) is 0 Å². The fourth-order valence-electron chi connectivity index (χ4n) is 2.70. The molecule has 3 rings (SSSR count). The highest BCUT2D eigenvalue weighted by molar-refractivity contribution is 6.02. The third-order valence-corrected chi connectivity index (χ3v) is 4.28. The molecule has 0 radical (unpaired) electrons. The maximum absolute atomic E-state index is 13.7. The molecule has 32 heavy (non-hydrogen) atoms. The molecule has 3 aromatic carbocycles. The van der Waals surface area contributed by atoms with Crippen molar-refractivity contribution in [3.8, 4) is 5.75 Å². The van der Waals surface area contributed by atoms with Crippen LogP contribution in [0.4, 0.5) is 10.1 Å². The molecule has 0 atom stereocenters. The second-order valence-corrected chi connectivity index (χ2v) is 6.56. The topological polar surface area (TPSA) is 81.7 Å². The molecule has 0 spiro atoms. The summed E-state index contributed by atoms with van der Waals surface area (Å²) >= 11 is 0. The van der Waals surface area contributed by atoms with Crippen molar-refractivity contribution in [2.24, 2.45) is 0 Å². The fraction of sp³-hybridized carbons (Fsp3) is 0.0800. The van der Waals surface area contributed by atoms with Gasteiger partial charge in [-0.1, -0.05) is 24.3 Å². The number of rotatable bonds is 7. The highest BCUT2D eigenvalue weighted by atomic mass is 19.1. The third-order valence-electron chi connectivity index (χ3n) is 4.28. The first kappa shape index (κ1) is 22.4. The van der Waals surface area contributed by atoms with Crippen molar-refractivity contribution in [1.82, 2.24) is 0 Å². The molecule has 0 aliphatic rings. The van der Waals surface area contributed by atoms with Crippen LogP contribution in [0.3, 0.4) is 0 Å². The second kappa shape index (κ2) is 10.7. The van der Waals surface area contributed by atoms with Crippen LogP contribution in [0.1, 0.15) is 33.2 Å². The maximum Gasteiger partial charge on any atom is 0.346 e. The van der Waals surface area contributed by atoms with E-state index >= 15 is 0 Å². The minimum atomic E-state index is -0.792. The van der Waals surface area contributed by atoms with E-state index in [-0.39, 0.29) is 23.8 Å². The number of amides is 1. The van der Waals surface area contributed by atoms with Gasteiger partial charge in [0.05, 0.1) is 17.7 Å². The molecule has 7 heteroatoms. The summed E-state index contributed by atoms with van der Waals surface area (Å²) in [6.07, 6.45) is 2.93. The number of hydrogen-bond donors (Lipinski definition) is 1. The normalized spacial score (nSPS) is 10.6. The lowest BCUT2D eigenvalue weighted by Gasteiger charge is -2.06. The molecule has 162 valence electrons.